The third-order valence-corrected chi connectivity index (χ3v) is 9.73. The molecule has 0 aliphatic heterocycles. The molecule has 0 radical (unpaired) electrons. The van der Waals surface area contributed by atoms with Gasteiger partial charge in [0.05, 0.1) is 12.8 Å². The first-order valence-corrected chi connectivity index (χ1v) is 19.4. The minimum absolute atomic E-state index is 0.167. The minimum atomic E-state index is -0.604. The molecule has 4 aromatic rings. The monoisotopic (exact) mass is 705 g/mol. The van der Waals surface area contributed by atoms with Gasteiger partial charge in [0.25, 0.3) is 5.91 Å². The van der Waals surface area contributed by atoms with Crippen LogP contribution in [0.2, 0.25) is 5.02 Å². The molecule has 0 fully saturated rings. The lowest BCUT2D eigenvalue weighted by atomic mass is 9.92. The van der Waals surface area contributed by atoms with Crippen molar-refractivity contribution in [3.63, 3.8) is 0 Å². The number of halogens is 1. The van der Waals surface area contributed by atoms with E-state index >= 15 is 0 Å². The molecule has 2 aromatic heterocycles. The maximum Gasteiger partial charge on any atom is 0.261 e. The predicted molar refractivity (Wildman–Crippen MR) is 205 cm³/mol. The number of fused-ring (bicyclic) bond motifs is 1. The number of hydrogen-bond donors (Lipinski definition) is 2. The first-order chi connectivity index (χ1) is 24.1. The highest BCUT2D eigenvalue weighted by molar-refractivity contribution is 6.34. The van der Waals surface area contributed by atoms with Crippen LogP contribution >= 0.6 is 11.6 Å². The summed E-state index contributed by atoms with van der Waals surface area (Å²) in [6.45, 7) is 10.7. The zero-order chi connectivity index (χ0) is 35.9. The Balaban J connectivity index is 1.23. The van der Waals surface area contributed by atoms with Crippen LogP contribution in [-0.2, 0) is 23.2 Å². The standard InChI is InChI=1S/C41H60ClN5O3/c1-7-9-10-11-12-13-14-15-16-17-18-19-20-22-30-23-21-24-33(27-30)50-34(8-2)40(48)43-29-32-28-31(25-26-35(32)49-6)38-44-39-36(42)37(41(3,4)5)45-47(39)46-38/h21,23-28,34H,7-20,22,29H2,1-6H3,(H,43,48)(H,44,46). The van der Waals surface area contributed by atoms with Crippen LogP contribution in [-0.4, -0.2) is 38.9 Å². The van der Waals surface area contributed by atoms with Crippen LogP contribution in [0.3, 0.4) is 0 Å². The largest absolute Gasteiger partial charge is 0.496 e. The van der Waals surface area contributed by atoms with E-state index in [-0.39, 0.29) is 17.9 Å². The Morgan fingerprint density at radius 2 is 1.56 bits per heavy atom. The fourth-order valence-corrected chi connectivity index (χ4v) is 6.82. The van der Waals surface area contributed by atoms with Gasteiger partial charge in [0, 0.05) is 23.1 Å². The van der Waals surface area contributed by atoms with Crippen LogP contribution in [0, 0.1) is 0 Å². The molecule has 2 N–H and O–H groups in total. The number of ether oxygens (including phenoxy) is 2. The van der Waals surface area contributed by atoms with Crippen LogP contribution in [0.1, 0.15) is 141 Å². The van der Waals surface area contributed by atoms with Gasteiger partial charge in [-0.25, -0.2) is 0 Å². The first-order valence-electron chi connectivity index (χ1n) is 19.0. The van der Waals surface area contributed by atoms with Gasteiger partial charge in [0.1, 0.15) is 16.5 Å². The van der Waals surface area contributed by atoms with Crippen LogP contribution in [0.5, 0.6) is 11.5 Å². The van der Waals surface area contributed by atoms with Crippen molar-refractivity contribution in [2.24, 2.45) is 0 Å². The molecular weight excluding hydrogens is 646 g/mol. The van der Waals surface area contributed by atoms with E-state index < -0.39 is 6.10 Å². The van der Waals surface area contributed by atoms with Gasteiger partial charge in [-0.3, -0.25) is 4.79 Å². The number of unbranched alkanes of at least 4 members (excludes halogenated alkanes) is 12. The molecule has 9 heteroatoms. The first kappa shape index (κ1) is 39.3. The number of aromatic nitrogens is 4. The maximum atomic E-state index is 13.3. The molecule has 0 spiro atoms. The number of nitrogens with one attached hydrogen (secondary N) is 2. The number of benzene rings is 2. The zero-order valence-electron chi connectivity index (χ0n) is 31.4. The lowest BCUT2D eigenvalue weighted by molar-refractivity contribution is -0.128. The van der Waals surface area contributed by atoms with Crippen LogP contribution in [0.25, 0.3) is 17.0 Å². The van der Waals surface area contributed by atoms with E-state index in [9.17, 15) is 4.79 Å². The molecule has 50 heavy (non-hydrogen) atoms. The van der Waals surface area contributed by atoms with Crippen molar-refractivity contribution >= 4 is 23.2 Å². The Morgan fingerprint density at radius 1 is 0.900 bits per heavy atom. The van der Waals surface area contributed by atoms with Crippen molar-refractivity contribution in [3.8, 4) is 22.9 Å². The second-order valence-corrected chi connectivity index (χ2v) is 15.0. The second-order valence-electron chi connectivity index (χ2n) is 14.6. The molecule has 4 rings (SSSR count). The molecule has 1 atom stereocenters. The number of H-pyrrole nitrogens is 1. The molecule has 8 nitrogen and oxygen atoms in total. The Hall–Kier alpha value is -3.52. The maximum absolute atomic E-state index is 13.3. The summed E-state index contributed by atoms with van der Waals surface area (Å²) < 4.78 is 13.4. The Morgan fingerprint density at radius 3 is 2.16 bits per heavy atom. The average molecular weight is 706 g/mol. The van der Waals surface area contributed by atoms with Crippen molar-refractivity contribution in [2.45, 2.75) is 149 Å². The van der Waals surface area contributed by atoms with Gasteiger partial charge in [0.2, 0.25) is 0 Å². The van der Waals surface area contributed by atoms with Crippen LogP contribution in [0.15, 0.2) is 42.5 Å². The summed E-state index contributed by atoms with van der Waals surface area (Å²) in [4.78, 5) is 16.6. The lowest BCUT2D eigenvalue weighted by Crippen LogP contribution is -2.37. The summed E-state index contributed by atoms with van der Waals surface area (Å²) in [6.07, 6.45) is 18.6. The highest BCUT2D eigenvalue weighted by Crippen LogP contribution is 2.32. The van der Waals surface area contributed by atoms with E-state index in [0.717, 1.165) is 29.0 Å². The van der Waals surface area contributed by atoms with Crippen molar-refractivity contribution in [2.75, 3.05) is 7.11 Å². The number of rotatable bonds is 22. The summed E-state index contributed by atoms with van der Waals surface area (Å²) >= 11 is 6.65. The van der Waals surface area contributed by atoms with Gasteiger partial charge in [-0.15, -0.1) is 9.73 Å². The Labute approximate surface area is 305 Å². The van der Waals surface area contributed by atoms with E-state index in [1.165, 1.54) is 89.0 Å². The molecule has 0 aliphatic carbocycles. The normalized spacial score (nSPS) is 12.4. The van der Waals surface area contributed by atoms with Gasteiger partial charge in [-0.05, 0) is 55.2 Å². The summed E-state index contributed by atoms with van der Waals surface area (Å²) in [6, 6.07) is 14.0. The van der Waals surface area contributed by atoms with Gasteiger partial charge >= 0.3 is 0 Å². The molecule has 2 aromatic carbocycles. The Kier molecular flexibility index (Phi) is 15.5. The molecular formula is C41H60ClN5O3. The average Bonchev–Trinajstić information content (AvgIpc) is 3.67. The number of amides is 1. The second kappa shape index (κ2) is 19.8. The van der Waals surface area contributed by atoms with Gasteiger partial charge < -0.3 is 19.8 Å². The number of hydrogen-bond acceptors (Lipinski definition) is 5. The molecule has 1 amide bonds. The highest BCUT2D eigenvalue weighted by atomic mass is 35.5. The quantitative estimate of drug-likeness (QED) is 0.0794. The summed E-state index contributed by atoms with van der Waals surface area (Å²) in [7, 11) is 1.62. The lowest BCUT2D eigenvalue weighted by Gasteiger charge is -2.18. The van der Waals surface area contributed by atoms with Gasteiger partial charge in [-0.2, -0.15) is 5.10 Å². The van der Waals surface area contributed by atoms with Crippen molar-refractivity contribution < 1.29 is 14.3 Å². The number of aryl methyl sites for hydroxylation is 1. The summed E-state index contributed by atoms with van der Waals surface area (Å²) in [5.74, 6) is 1.86. The van der Waals surface area contributed by atoms with E-state index in [4.69, 9.17) is 21.1 Å². The van der Waals surface area contributed by atoms with E-state index in [1.54, 1.807) is 11.7 Å². The molecule has 0 bridgehead atoms. The summed E-state index contributed by atoms with van der Waals surface area (Å²) in [5, 5.41) is 12.9. The highest BCUT2D eigenvalue weighted by Gasteiger charge is 2.25. The predicted octanol–water partition coefficient (Wildman–Crippen LogP) is 10.8. The molecule has 0 aliphatic rings. The zero-order valence-corrected chi connectivity index (χ0v) is 32.1. The molecule has 274 valence electrons. The molecule has 2 heterocycles. The topological polar surface area (TPSA) is 93.5 Å². The van der Waals surface area contributed by atoms with Gasteiger partial charge in [-0.1, -0.05) is 135 Å². The number of carbonyl (C=O) groups is 1. The fraction of sp³-hybridized carbons (Fsp3) is 0.585. The number of methoxy groups -OCH3 is 1. The smallest absolute Gasteiger partial charge is 0.261 e. The van der Waals surface area contributed by atoms with E-state index in [0.29, 0.717) is 28.7 Å². The Bertz CT molecular complexity index is 1620. The van der Waals surface area contributed by atoms with E-state index in [1.807, 2.05) is 37.3 Å². The van der Waals surface area contributed by atoms with Gasteiger partial charge in [0.15, 0.2) is 17.6 Å². The van der Waals surface area contributed by atoms with Crippen molar-refractivity contribution in [1.29, 1.82) is 0 Å². The van der Waals surface area contributed by atoms with Crippen molar-refractivity contribution in [3.05, 3.63) is 64.3 Å². The summed E-state index contributed by atoms with van der Waals surface area (Å²) in [5.41, 5.74) is 4.14. The SMILES string of the molecule is CCCCCCCCCCCCCCCc1cccc(OC(CC)C(=O)NCc2cc(-c3nn4nc(C(C)(C)C)c(Cl)c4[nH]3)ccc2OC)c1. The minimum Gasteiger partial charge on any atom is -0.496 e. The van der Waals surface area contributed by atoms with Crippen LogP contribution < -0.4 is 14.8 Å². The van der Waals surface area contributed by atoms with Crippen molar-refractivity contribution in [1.82, 2.24) is 25.1 Å². The number of carbonyl (C=O) groups excluding carboxylic acids is 1. The third-order valence-electron chi connectivity index (χ3n) is 9.37. The number of nitrogens with zero attached hydrogens (tertiary/aromatic N) is 3. The van der Waals surface area contributed by atoms with Crippen LogP contribution in [0.4, 0.5) is 0 Å². The molecule has 1 unspecified atom stereocenters. The fourth-order valence-electron chi connectivity index (χ4n) is 6.37. The molecule has 0 saturated heterocycles. The number of aromatic amines is 1. The van der Waals surface area contributed by atoms with E-state index in [2.05, 4.69) is 60.3 Å². The molecule has 0 saturated carbocycles. The third kappa shape index (κ3) is 11.5.